The van der Waals surface area contributed by atoms with E-state index in [1.54, 1.807) is 12.5 Å². The maximum absolute atomic E-state index is 11.7. The minimum absolute atomic E-state index is 0.204. The van der Waals surface area contributed by atoms with Crippen LogP contribution in [0.3, 0.4) is 0 Å². The Morgan fingerprint density at radius 2 is 2.30 bits per heavy atom. The van der Waals surface area contributed by atoms with E-state index < -0.39 is 0 Å². The Kier molecular flexibility index (Phi) is 5.14. The number of carbonyl (C=O) groups excluding carboxylic acids is 1. The molecule has 6 heteroatoms. The van der Waals surface area contributed by atoms with Crippen LogP contribution in [0.4, 0.5) is 10.5 Å². The molecule has 2 amide bonds. The molecule has 106 valence electrons. The minimum atomic E-state index is -0.204. The molecule has 0 atom stereocenters. The number of urea groups is 1. The number of aryl methyl sites for hydroxylation is 1. The molecule has 6 nitrogen and oxygen atoms in total. The molecule has 0 unspecified atom stereocenters. The first-order valence-corrected chi connectivity index (χ1v) is 6.57. The second-order valence-corrected chi connectivity index (χ2v) is 4.44. The summed E-state index contributed by atoms with van der Waals surface area (Å²) in [7, 11) is 0. The van der Waals surface area contributed by atoms with Gasteiger partial charge in [0.2, 0.25) is 0 Å². The van der Waals surface area contributed by atoms with Crippen LogP contribution in [0.2, 0.25) is 0 Å². The first kappa shape index (κ1) is 14.1. The van der Waals surface area contributed by atoms with Crippen molar-refractivity contribution < 1.29 is 4.79 Å². The normalized spacial score (nSPS) is 10.2. The lowest BCUT2D eigenvalue weighted by Crippen LogP contribution is -2.30. The third-order valence-electron chi connectivity index (χ3n) is 2.86. The van der Waals surface area contributed by atoms with Crippen LogP contribution in [0.5, 0.6) is 0 Å². The molecular formula is C14H19N5O. The van der Waals surface area contributed by atoms with Crippen molar-refractivity contribution in [3.63, 3.8) is 0 Å². The summed E-state index contributed by atoms with van der Waals surface area (Å²) in [5.41, 5.74) is 7.30. The number of benzene rings is 1. The smallest absolute Gasteiger partial charge is 0.319 e. The summed E-state index contributed by atoms with van der Waals surface area (Å²) in [6.45, 7) is 1.91. The lowest BCUT2D eigenvalue weighted by molar-refractivity contribution is 0.252. The fraction of sp³-hybridized carbons (Fsp3) is 0.286. The fourth-order valence-corrected chi connectivity index (χ4v) is 1.83. The molecule has 2 rings (SSSR count). The van der Waals surface area contributed by atoms with Crippen molar-refractivity contribution in [1.29, 1.82) is 0 Å². The predicted molar refractivity (Wildman–Crippen MR) is 78.2 cm³/mol. The predicted octanol–water partition coefficient (Wildman–Crippen LogP) is 1.55. The minimum Gasteiger partial charge on any atom is -0.338 e. The van der Waals surface area contributed by atoms with E-state index in [4.69, 9.17) is 5.73 Å². The molecule has 0 saturated carbocycles. The van der Waals surface area contributed by atoms with Gasteiger partial charge in [-0.15, -0.1) is 0 Å². The number of aromatic nitrogens is 2. The Morgan fingerprint density at radius 3 is 3.05 bits per heavy atom. The number of imidazole rings is 1. The molecule has 4 N–H and O–H groups in total. The first-order valence-electron chi connectivity index (χ1n) is 6.57. The van der Waals surface area contributed by atoms with Gasteiger partial charge in [-0.05, 0) is 24.1 Å². The van der Waals surface area contributed by atoms with Gasteiger partial charge >= 0.3 is 6.03 Å². The summed E-state index contributed by atoms with van der Waals surface area (Å²) in [6.07, 6.45) is 6.26. The van der Waals surface area contributed by atoms with Gasteiger partial charge in [-0.25, -0.2) is 9.78 Å². The molecule has 0 saturated heterocycles. The Morgan fingerprint density at radius 1 is 1.40 bits per heavy atom. The maximum atomic E-state index is 11.7. The van der Waals surface area contributed by atoms with Crippen LogP contribution in [0.25, 0.3) is 0 Å². The largest absolute Gasteiger partial charge is 0.338 e. The van der Waals surface area contributed by atoms with Crippen molar-refractivity contribution in [2.75, 3.05) is 11.9 Å². The number of anilines is 1. The molecule has 2 aromatic rings. The fourth-order valence-electron chi connectivity index (χ4n) is 1.83. The number of hydrogen-bond donors (Lipinski definition) is 3. The first-order chi connectivity index (χ1) is 9.78. The van der Waals surface area contributed by atoms with Crippen LogP contribution in [0.1, 0.15) is 12.0 Å². The van der Waals surface area contributed by atoms with E-state index in [1.165, 1.54) is 0 Å². The summed E-state index contributed by atoms with van der Waals surface area (Å²) in [4.78, 5) is 15.7. The second kappa shape index (κ2) is 7.30. The molecular weight excluding hydrogens is 254 g/mol. The molecule has 0 spiro atoms. The molecule has 1 heterocycles. The molecule has 0 aliphatic heterocycles. The van der Waals surface area contributed by atoms with Crippen molar-refractivity contribution >= 4 is 11.7 Å². The van der Waals surface area contributed by atoms with Crippen LogP contribution in [-0.2, 0) is 13.1 Å². The van der Waals surface area contributed by atoms with E-state index in [0.29, 0.717) is 13.1 Å². The molecule has 0 aliphatic rings. The molecule has 0 bridgehead atoms. The SMILES string of the molecule is NCc1cccc(NC(=O)NCCCn2ccnc2)c1. The van der Waals surface area contributed by atoms with Gasteiger partial charge in [-0.1, -0.05) is 12.1 Å². The van der Waals surface area contributed by atoms with Gasteiger partial charge in [0.1, 0.15) is 0 Å². The Hall–Kier alpha value is -2.34. The van der Waals surface area contributed by atoms with Gasteiger partial charge in [0.05, 0.1) is 6.33 Å². The summed E-state index contributed by atoms with van der Waals surface area (Å²) in [5, 5.41) is 5.60. The van der Waals surface area contributed by atoms with Crippen molar-refractivity contribution in [1.82, 2.24) is 14.9 Å². The third-order valence-corrected chi connectivity index (χ3v) is 2.86. The molecule has 1 aromatic carbocycles. The molecule has 1 aromatic heterocycles. The lowest BCUT2D eigenvalue weighted by atomic mass is 10.2. The van der Waals surface area contributed by atoms with Crippen LogP contribution in [0.15, 0.2) is 43.0 Å². The van der Waals surface area contributed by atoms with Crippen LogP contribution in [-0.4, -0.2) is 22.1 Å². The quantitative estimate of drug-likeness (QED) is 0.698. The highest BCUT2D eigenvalue weighted by Gasteiger charge is 2.01. The zero-order chi connectivity index (χ0) is 14.2. The maximum Gasteiger partial charge on any atom is 0.319 e. The molecule has 0 aliphatic carbocycles. The molecule has 20 heavy (non-hydrogen) atoms. The summed E-state index contributed by atoms with van der Waals surface area (Å²) in [5.74, 6) is 0. The van der Waals surface area contributed by atoms with Gasteiger partial charge < -0.3 is 20.9 Å². The number of rotatable bonds is 6. The average Bonchev–Trinajstić information content (AvgIpc) is 2.97. The monoisotopic (exact) mass is 273 g/mol. The van der Waals surface area contributed by atoms with Crippen molar-refractivity contribution in [2.24, 2.45) is 5.73 Å². The van der Waals surface area contributed by atoms with E-state index in [1.807, 2.05) is 35.0 Å². The number of hydrogen-bond acceptors (Lipinski definition) is 3. The van der Waals surface area contributed by atoms with Crippen molar-refractivity contribution in [3.8, 4) is 0 Å². The van der Waals surface area contributed by atoms with E-state index in [2.05, 4.69) is 15.6 Å². The van der Waals surface area contributed by atoms with Crippen LogP contribution < -0.4 is 16.4 Å². The summed E-state index contributed by atoms with van der Waals surface area (Å²) < 4.78 is 1.98. The third kappa shape index (κ3) is 4.40. The molecule has 0 radical (unpaired) electrons. The van der Waals surface area contributed by atoms with Gasteiger partial charge in [0, 0.05) is 37.7 Å². The van der Waals surface area contributed by atoms with Crippen molar-refractivity contribution in [2.45, 2.75) is 19.5 Å². The van der Waals surface area contributed by atoms with E-state index in [0.717, 1.165) is 24.2 Å². The topological polar surface area (TPSA) is 85.0 Å². The number of carbonyl (C=O) groups is 1. The zero-order valence-electron chi connectivity index (χ0n) is 11.2. The van der Waals surface area contributed by atoms with Gasteiger partial charge in [0.15, 0.2) is 0 Å². The van der Waals surface area contributed by atoms with Gasteiger partial charge in [0.25, 0.3) is 0 Å². The van der Waals surface area contributed by atoms with E-state index in [-0.39, 0.29) is 6.03 Å². The number of amides is 2. The number of nitrogens with zero attached hydrogens (tertiary/aromatic N) is 2. The lowest BCUT2D eigenvalue weighted by Gasteiger charge is -2.08. The second-order valence-electron chi connectivity index (χ2n) is 4.44. The highest BCUT2D eigenvalue weighted by molar-refractivity contribution is 5.89. The Balaban J connectivity index is 1.69. The zero-order valence-corrected chi connectivity index (χ0v) is 11.2. The summed E-state index contributed by atoms with van der Waals surface area (Å²) >= 11 is 0. The Labute approximate surface area is 118 Å². The standard InChI is InChI=1S/C14H19N5O/c15-10-12-3-1-4-13(9-12)18-14(20)17-5-2-7-19-8-6-16-11-19/h1,3-4,6,8-9,11H,2,5,7,10,15H2,(H2,17,18,20). The van der Waals surface area contributed by atoms with Gasteiger partial charge in [-0.2, -0.15) is 0 Å². The number of nitrogens with two attached hydrogens (primary N) is 1. The number of nitrogens with one attached hydrogen (secondary N) is 2. The van der Waals surface area contributed by atoms with E-state index in [9.17, 15) is 4.79 Å². The van der Waals surface area contributed by atoms with Crippen LogP contribution >= 0.6 is 0 Å². The van der Waals surface area contributed by atoms with Crippen molar-refractivity contribution in [3.05, 3.63) is 48.5 Å². The highest BCUT2D eigenvalue weighted by atomic mass is 16.2. The van der Waals surface area contributed by atoms with Crippen LogP contribution in [0, 0.1) is 0 Å². The Bertz CT molecular complexity index is 538. The highest BCUT2D eigenvalue weighted by Crippen LogP contribution is 2.09. The van der Waals surface area contributed by atoms with Gasteiger partial charge in [-0.3, -0.25) is 0 Å². The molecule has 0 fully saturated rings. The average molecular weight is 273 g/mol. The van der Waals surface area contributed by atoms with E-state index >= 15 is 0 Å². The summed E-state index contributed by atoms with van der Waals surface area (Å²) in [6, 6.07) is 7.30.